The van der Waals surface area contributed by atoms with E-state index in [4.69, 9.17) is 0 Å². The van der Waals surface area contributed by atoms with Crippen LogP contribution in [-0.4, -0.2) is 19.0 Å². The first-order valence-corrected chi connectivity index (χ1v) is 10.7. The molecular formula is C19H22N3OS2+. The average molecular weight is 373 g/mol. The van der Waals surface area contributed by atoms with Crippen LogP contribution in [0.25, 0.3) is 0 Å². The zero-order chi connectivity index (χ0) is 17.2. The summed E-state index contributed by atoms with van der Waals surface area (Å²) in [6, 6.07) is 7.04. The number of anilines is 1. The van der Waals surface area contributed by atoms with Crippen LogP contribution < -0.4 is 10.2 Å². The molecule has 2 atom stereocenters. The molecule has 0 bridgehead atoms. The molecule has 3 heterocycles. The highest BCUT2D eigenvalue weighted by atomic mass is 32.1. The Kier molecular flexibility index (Phi) is 4.89. The Hall–Kier alpha value is -1.68. The summed E-state index contributed by atoms with van der Waals surface area (Å²) in [5.41, 5.74) is 1.89. The number of amides is 1. The number of hydrogen-bond donors (Lipinski definition) is 2. The van der Waals surface area contributed by atoms with Crippen molar-refractivity contribution in [2.75, 3.05) is 18.4 Å². The van der Waals surface area contributed by atoms with Gasteiger partial charge >= 0.3 is 0 Å². The summed E-state index contributed by atoms with van der Waals surface area (Å²) in [5, 5.41) is 15.5. The summed E-state index contributed by atoms with van der Waals surface area (Å²) < 4.78 is 0. The molecule has 1 saturated heterocycles. The van der Waals surface area contributed by atoms with Gasteiger partial charge in [0.15, 0.2) is 6.54 Å². The monoisotopic (exact) mass is 372 g/mol. The van der Waals surface area contributed by atoms with Crippen LogP contribution in [0.4, 0.5) is 5.00 Å². The summed E-state index contributed by atoms with van der Waals surface area (Å²) in [7, 11) is 0. The molecule has 130 valence electrons. The molecule has 2 aromatic heterocycles. The van der Waals surface area contributed by atoms with E-state index in [9.17, 15) is 10.1 Å². The lowest BCUT2D eigenvalue weighted by molar-refractivity contribution is -0.910. The van der Waals surface area contributed by atoms with Crippen LogP contribution in [0, 0.1) is 11.3 Å². The molecule has 1 aliphatic heterocycles. The summed E-state index contributed by atoms with van der Waals surface area (Å²) >= 11 is 3.40. The number of nitriles is 1. The third kappa shape index (κ3) is 3.37. The molecule has 1 fully saturated rings. The summed E-state index contributed by atoms with van der Waals surface area (Å²) in [6.07, 6.45) is 6.67. The number of nitrogens with zero attached hydrogens (tertiary/aromatic N) is 1. The lowest BCUT2D eigenvalue weighted by Crippen LogP contribution is -3.11. The van der Waals surface area contributed by atoms with Crippen LogP contribution in [-0.2, 0) is 17.6 Å². The maximum absolute atomic E-state index is 12.6. The number of thiophene rings is 2. The van der Waals surface area contributed by atoms with E-state index in [-0.39, 0.29) is 5.91 Å². The van der Waals surface area contributed by atoms with E-state index in [0.29, 0.717) is 18.2 Å². The van der Waals surface area contributed by atoms with Crippen LogP contribution in [0.2, 0.25) is 0 Å². The molecule has 1 amide bonds. The predicted molar refractivity (Wildman–Crippen MR) is 101 cm³/mol. The smallest absolute Gasteiger partial charge is 0.280 e. The number of hydrogen-bond acceptors (Lipinski definition) is 4. The zero-order valence-corrected chi connectivity index (χ0v) is 15.8. The van der Waals surface area contributed by atoms with Crippen LogP contribution in [0.1, 0.15) is 52.6 Å². The first-order valence-electron chi connectivity index (χ1n) is 8.98. The molecule has 0 radical (unpaired) electrons. The minimum atomic E-state index is 0.0357. The van der Waals surface area contributed by atoms with Crippen molar-refractivity contribution in [2.24, 2.45) is 0 Å². The van der Waals surface area contributed by atoms with Gasteiger partial charge in [0.05, 0.1) is 17.0 Å². The van der Waals surface area contributed by atoms with Gasteiger partial charge in [0.2, 0.25) is 0 Å². The fraction of sp³-hybridized carbons (Fsp3) is 0.474. The largest absolute Gasteiger partial charge is 0.320 e. The van der Waals surface area contributed by atoms with E-state index in [2.05, 4.69) is 28.9 Å². The Labute approximate surface area is 156 Å². The summed E-state index contributed by atoms with van der Waals surface area (Å²) in [4.78, 5) is 16.7. The average Bonchev–Trinajstić information content (AvgIpc) is 3.33. The molecule has 4 nitrogen and oxygen atoms in total. The topological polar surface area (TPSA) is 57.3 Å². The number of fused-ring (bicyclic) bond motifs is 1. The molecule has 0 spiro atoms. The lowest BCUT2D eigenvalue weighted by Gasteiger charge is -2.19. The minimum Gasteiger partial charge on any atom is -0.320 e. The van der Waals surface area contributed by atoms with Gasteiger partial charge in [-0.15, -0.1) is 22.7 Å². The first-order chi connectivity index (χ1) is 12.3. The number of aryl methyl sites for hydroxylation is 1. The molecule has 6 heteroatoms. The number of rotatable bonds is 4. The maximum Gasteiger partial charge on any atom is 0.280 e. The van der Waals surface area contributed by atoms with E-state index in [0.717, 1.165) is 37.2 Å². The molecule has 1 aliphatic carbocycles. The van der Waals surface area contributed by atoms with Crippen LogP contribution in [0.5, 0.6) is 0 Å². The first kappa shape index (κ1) is 16.8. The fourth-order valence-electron chi connectivity index (χ4n) is 4.11. The standard InChI is InChI=1S/C19H21N3OS2/c20-11-14-13-5-1-2-7-16(13)25-19(14)21-18(23)12-22-9-3-6-15(22)17-8-4-10-24-17/h4,8,10,15H,1-3,5-7,9,12H2,(H,21,23)/p+1/t15-/m1/s1. The highest BCUT2D eigenvalue weighted by Crippen LogP contribution is 2.37. The van der Waals surface area contributed by atoms with Crippen LogP contribution in [0.15, 0.2) is 17.5 Å². The van der Waals surface area contributed by atoms with Crippen molar-refractivity contribution < 1.29 is 9.69 Å². The van der Waals surface area contributed by atoms with Crippen molar-refractivity contribution in [3.05, 3.63) is 38.4 Å². The van der Waals surface area contributed by atoms with Gasteiger partial charge in [-0.2, -0.15) is 5.26 Å². The van der Waals surface area contributed by atoms with E-state index in [1.165, 1.54) is 33.1 Å². The van der Waals surface area contributed by atoms with Gasteiger partial charge < -0.3 is 10.2 Å². The number of likely N-dealkylation sites (tertiary alicyclic amines) is 1. The van der Waals surface area contributed by atoms with Crippen molar-refractivity contribution in [3.8, 4) is 6.07 Å². The van der Waals surface area contributed by atoms with Crippen molar-refractivity contribution >= 4 is 33.6 Å². The molecule has 25 heavy (non-hydrogen) atoms. The van der Waals surface area contributed by atoms with Gasteiger partial charge in [-0.05, 0) is 42.7 Å². The Morgan fingerprint density at radius 1 is 1.36 bits per heavy atom. The fourth-order valence-corrected chi connectivity index (χ4v) is 6.28. The number of quaternary nitrogens is 1. The van der Waals surface area contributed by atoms with Gasteiger partial charge in [-0.25, -0.2) is 0 Å². The third-order valence-electron chi connectivity index (χ3n) is 5.29. The predicted octanol–water partition coefficient (Wildman–Crippen LogP) is 2.92. The van der Waals surface area contributed by atoms with E-state index >= 15 is 0 Å². The Balaban J connectivity index is 1.46. The van der Waals surface area contributed by atoms with Gasteiger partial charge in [-0.1, -0.05) is 6.07 Å². The lowest BCUT2D eigenvalue weighted by atomic mass is 9.96. The van der Waals surface area contributed by atoms with Gasteiger partial charge in [0, 0.05) is 17.7 Å². The highest BCUT2D eigenvalue weighted by molar-refractivity contribution is 7.16. The van der Waals surface area contributed by atoms with E-state index in [1.807, 2.05) is 0 Å². The Morgan fingerprint density at radius 2 is 2.24 bits per heavy atom. The van der Waals surface area contributed by atoms with Crippen molar-refractivity contribution in [1.82, 2.24) is 0 Å². The van der Waals surface area contributed by atoms with Gasteiger partial charge in [-0.3, -0.25) is 4.79 Å². The molecule has 2 N–H and O–H groups in total. The molecule has 2 aliphatic rings. The SMILES string of the molecule is N#Cc1c(NC(=O)C[NH+]2CCC[C@@H]2c2cccs2)sc2c1CCCC2. The second kappa shape index (κ2) is 7.28. The number of carbonyl (C=O) groups excluding carboxylic acids is 1. The second-order valence-electron chi connectivity index (χ2n) is 6.87. The molecule has 0 aromatic carbocycles. The second-order valence-corrected chi connectivity index (χ2v) is 8.95. The minimum absolute atomic E-state index is 0.0357. The maximum atomic E-state index is 12.6. The Bertz CT molecular complexity index is 803. The van der Waals surface area contributed by atoms with Crippen LogP contribution >= 0.6 is 22.7 Å². The molecular weight excluding hydrogens is 350 g/mol. The highest BCUT2D eigenvalue weighted by Gasteiger charge is 2.32. The molecule has 0 saturated carbocycles. The van der Waals surface area contributed by atoms with Gasteiger partial charge in [0.1, 0.15) is 17.1 Å². The van der Waals surface area contributed by atoms with Crippen molar-refractivity contribution in [1.29, 1.82) is 5.26 Å². The third-order valence-corrected chi connectivity index (χ3v) is 7.49. The van der Waals surface area contributed by atoms with Crippen LogP contribution in [0.3, 0.4) is 0 Å². The van der Waals surface area contributed by atoms with Gasteiger partial charge in [0.25, 0.3) is 5.91 Å². The van der Waals surface area contributed by atoms with E-state index in [1.54, 1.807) is 22.7 Å². The number of nitrogens with one attached hydrogen (secondary N) is 2. The quantitative estimate of drug-likeness (QED) is 0.867. The normalized spacial score (nSPS) is 22.4. The Morgan fingerprint density at radius 3 is 3.04 bits per heavy atom. The van der Waals surface area contributed by atoms with E-state index < -0.39 is 0 Å². The summed E-state index contributed by atoms with van der Waals surface area (Å²) in [5.74, 6) is 0.0357. The van der Waals surface area contributed by atoms with Crippen molar-refractivity contribution in [2.45, 2.75) is 44.6 Å². The number of carbonyl (C=O) groups is 1. The summed E-state index contributed by atoms with van der Waals surface area (Å²) in [6.45, 7) is 1.53. The molecule has 1 unspecified atom stereocenters. The zero-order valence-electron chi connectivity index (χ0n) is 14.1. The molecule has 2 aromatic rings. The molecule has 4 rings (SSSR count). The van der Waals surface area contributed by atoms with Crippen molar-refractivity contribution in [3.63, 3.8) is 0 Å².